The summed E-state index contributed by atoms with van der Waals surface area (Å²) in [5, 5.41) is 20.4. The fourth-order valence-electron chi connectivity index (χ4n) is 0.566. The zero-order valence-electron chi connectivity index (χ0n) is 5.14. The highest BCUT2D eigenvalue weighted by Crippen LogP contribution is 1.74. The van der Waals surface area contributed by atoms with Crippen LogP contribution in [0.2, 0.25) is 0 Å². The van der Waals surface area contributed by atoms with Crippen molar-refractivity contribution in [3.63, 3.8) is 0 Å². The molecule has 1 aromatic heterocycles. The number of aromatic nitrogens is 3. The van der Waals surface area contributed by atoms with Crippen molar-refractivity contribution < 1.29 is 10.2 Å². The molecule has 0 aliphatic heterocycles. The van der Waals surface area contributed by atoms with Gasteiger partial charge < -0.3 is 10.2 Å². The molecule has 0 saturated heterocycles. The van der Waals surface area contributed by atoms with Crippen molar-refractivity contribution in [2.45, 2.75) is 13.5 Å². The molecule has 0 unspecified atom stereocenters. The van der Waals surface area contributed by atoms with Gasteiger partial charge in [0.05, 0.1) is 0 Å². The number of nitrogens with zero attached hydrogens (tertiary/aromatic N) is 3. The SMILES string of the molecule is O=c1n(CO)cnn1CO. The van der Waals surface area contributed by atoms with E-state index in [4.69, 9.17) is 10.2 Å². The Hall–Kier alpha value is -1.14. The Morgan fingerprint density at radius 3 is 2.50 bits per heavy atom. The lowest BCUT2D eigenvalue weighted by Crippen LogP contribution is -2.24. The van der Waals surface area contributed by atoms with E-state index in [-0.39, 0.29) is 0 Å². The fraction of sp³-hybridized carbons (Fsp3) is 0.500. The summed E-state index contributed by atoms with van der Waals surface area (Å²) in [4.78, 5) is 10.8. The number of hydrogen-bond acceptors (Lipinski definition) is 4. The lowest BCUT2D eigenvalue weighted by atomic mass is 11.0. The number of aliphatic hydroxyl groups excluding tert-OH is 2. The molecule has 0 atom stereocenters. The highest BCUT2D eigenvalue weighted by Gasteiger charge is 1.99. The molecule has 0 spiro atoms. The van der Waals surface area contributed by atoms with Gasteiger partial charge in [-0.25, -0.2) is 4.79 Å². The van der Waals surface area contributed by atoms with Crippen molar-refractivity contribution in [2.75, 3.05) is 0 Å². The lowest BCUT2D eigenvalue weighted by Gasteiger charge is -1.89. The second-order valence-electron chi connectivity index (χ2n) is 1.67. The Labute approximate surface area is 55.9 Å². The summed E-state index contributed by atoms with van der Waals surface area (Å²) >= 11 is 0. The van der Waals surface area contributed by atoms with Crippen LogP contribution in [-0.4, -0.2) is 24.6 Å². The van der Waals surface area contributed by atoms with Gasteiger partial charge in [0.15, 0.2) is 0 Å². The topological polar surface area (TPSA) is 80.3 Å². The minimum atomic E-state index is -0.523. The first-order valence-corrected chi connectivity index (χ1v) is 2.63. The second kappa shape index (κ2) is 2.63. The number of hydrogen-bond donors (Lipinski definition) is 2. The van der Waals surface area contributed by atoms with E-state index in [0.717, 1.165) is 15.6 Å². The molecule has 10 heavy (non-hydrogen) atoms. The third-order valence-electron chi connectivity index (χ3n) is 1.08. The van der Waals surface area contributed by atoms with Gasteiger partial charge in [-0.3, -0.25) is 4.57 Å². The Kier molecular flexibility index (Phi) is 1.83. The van der Waals surface area contributed by atoms with Crippen LogP contribution in [0.5, 0.6) is 0 Å². The Morgan fingerprint density at radius 1 is 1.50 bits per heavy atom. The van der Waals surface area contributed by atoms with Crippen molar-refractivity contribution >= 4 is 0 Å². The van der Waals surface area contributed by atoms with E-state index in [1.807, 2.05) is 0 Å². The van der Waals surface area contributed by atoms with E-state index in [9.17, 15) is 4.79 Å². The summed E-state index contributed by atoms with van der Waals surface area (Å²) < 4.78 is 1.80. The maximum atomic E-state index is 10.8. The third-order valence-corrected chi connectivity index (χ3v) is 1.08. The van der Waals surface area contributed by atoms with Gasteiger partial charge in [0.25, 0.3) is 0 Å². The second-order valence-corrected chi connectivity index (χ2v) is 1.67. The minimum absolute atomic E-state index is 0.418. The molecule has 0 aliphatic rings. The predicted octanol–water partition coefficient (Wildman–Crippen LogP) is -2.06. The van der Waals surface area contributed by atoms with Crippen LogP contribution in [0.3, 0.4) is 0 Å². The largest absolute Gasteiger partial charge is 0.376 e. The number of aliphatic hydroxyl groups is 2. The molecular weight excluding hydrogens is 138 g/mol. The van der Waals surface area contributed by atoms with Gasteiger partial charge >= 0.3 is 5.69 Å². The lowest BCUT2D eigenvalue weighted by molar-refractivity contribution is 0.180. The molecule has 0 saturated carbocycles. The van der Waals surface area contributed by atoms with Crippen LogP contribution < -0.4 is 5.69 Å². The van der Waals surface area contributed by atoms with E-state index >= 15 is 0 Å². The molecule has 2 N–H and O–H groups in total. The average molecular weight is 145 g/mol. The maximum Gasteiger partial charge on any atom is 0.349 e. The molecular formula is C4H7N3O3. The minimum Gasteiger partial charge on any atom is -0.376 e. The van der Waals surface area contributed by atoms with Crippen LogP contribution in [0, 0.1) is 0 Å². The molecule has 6 heteroatoms. The van der Waals surface area contributed by atoms with Crippen LogP contribution in [0.25, 0.3) is 0 Å². The summed E-state index contributed by atoms with van der Waals surface area (Å²) in [5.41, 5.74) is -0.523. The van der Waals surface area contributed by atoms with E-state index in [1.54, 1.807) is 0 Å². The molecule has 1 heterocycles. The zero-order valence-corrected chi connectivity index (χ0v) is 5.14. The van der Waals surface area contributed by atoms with Gasteiger partial charge in [0.1, 0.15) is 19.8 Å². The van der Waals surface area contributed by atoms with E-state index in [2.05, 4.69) is 5.10 Å². The smallest absolute Gasteiger partial charge is 0.349 e. The van der Waals surface area contributed by atoms with Crippen LogP contribution in [0.4, 0.5) is 0 Å². The first kappa shape index (κ1) is 6.97. The predicted molar refractivity (Wildman–Crippen MR) is 30.9 cm³/mol. The maximum absolute atomic E-state index is 10.8. The summed E-state index contributed by atoms with van der Waals surface area (Å²) in [5.74, 6) is 0. The quantitative estimate of drug-likeness (QED) is 0.501. The van der Waals surface area contributed by atoms with Gasteiger partial charge in [0, 0.05) is 0 Å². The van der Waals surface area contributed by atoms with Crippen molar-refractivity contribution in [3.8, 4) is 0 Å². The zero-order chi connectivity index (χ0) is 7.56. The van der Waals surface area contributed by atoms with Gasteiger partial charge in [-0.1, -0.05) is 0 Å². The third kappa shape index (κ3) is 0.937. The van der Waals surface area contributed by atoms with Crippen molar-refractivity contribution in [3.05, 3.63) is 16.8 Å². The van der Waals surface area contributed by atoms with Crippen molar-refractivity contribution in [2.24, 2.45) is 0 Å². The van der Waals surface area contributed by atoms with E-state index in [1.165, 1.54) is 0 Å². The Bertz CT molecular complexity index is 238. The average Bonchev–Trinajstić information content (AvgIpc) is 2.30. The van der Waals surface area contributed by atoms with Gasteiger partial charge in [-0.2, -0.15) is 9.78 Å². The standard InChI is InChI=1S/C4H7N3O3/c8-2-6-1-5-7(3-9)4(6)10/h1,8-9H,2-3H2. The van der Waals surface area contributed by atoms with Crippen LogP contribution in [-0.2, 0) is 13.5 Å². The van der Waals surface area contributed by atoms with E-state index in [0.29, 0.717) is 0 Å². The normalized spacial score (nSPS) is 10.2. The summed E-state index contributed by atoms with van der Waals surface area (Å²) in [6.07, 6.45) is 1.15. The monoisotopic (exact) mass is 145 g/mol. The molecule has 6 nitrogen and oxygen atoms in total. The highest BCUT2D eigenvalue weighted by molar-refractivity contribution is 4.63. The van der Waals surface area contributed by atoms with Crippen molar-refractivity contribution in [1.29, 1.82) is 0 Å². The van der Waals surface area contributed by atoms with Gasteiger partial charge in [-0.15, -0.1) is 0 Å². The first-order valence-electron chi connectivity index (χ1n) is 2.63. The van der Waals surface area contributed by atoms with Crippen molar-refractivity contribution in [1.82, 2.24) is 14.3 Å². The molecule has 0 bridgehead atoms. The molecule has 1 aromatic rings. The van der Waals surface area contributed by atoms with Gasteiger partial charge in [0.2, 0.25) is 0 Å². The highest BCUT2D eigenvalue weighted by atomic mass is 16.3. The van der Waals surface area contributed by atoms with E-state index < -0.39 is 19.2 Å². The molecule has 1 rings (SSSR count). The Balaban J connectivity index is 3.09. The molecule has 56 valence electrons. The number of rotatable bonds is 2. The molecule has 0 fully saturated rings. The summed E-state index contributed by atoms with van der Waals surface area (Å²) in [6.45, 7) is -0.884. The summed E-state index contributed by atoms with van der Waals surface area (Å²) in [7, 11) is 0. The fourth-order valence-corrected chi connectivity index (χ4v) is 0.566. The molecule has 0 amide bonds. The van der Waals surface area contributed by atoms with Crippen LogP contribution in [0.1, 0.15) is 0 Å². The van der Waals surface area contributed by atoms with Crippen LogP contribution in [0.15, 0.2) is 11.1 Å². The Morgan fingerprint density at radius 2 is 2.20 bits per heavy atom. The summed E-state index contributed by atoms with van der Waals surface area (Å²) in [6, 6.07) is 0. The molecule has 0 radical (unpaired) electrons. The van der Waals surface area contributed by atoms with Crippen LogP contribution >= 0.6 is 0 Å². The molecule has 0 aromatic carbocycles. The molecule has 0 aliphatic carbocycles. The first-order chi connectivity index (χ1) is 4.79. The van der Waals surface area contributed by atoms with Gasteiger partial charge in [-0.05, 0) is 0 Å².